The largest absolute Gasteiger partial charge is 0.506 e. The van der Waals surface area contributed by atoms with E-state index < -0.39 is 0 Å². The Bertz CT molecular complexity index is 707. The molecule has 2 aromatic carbocycles. The molecule has 88 valence electrons. The summed E-state index contributed by atoms with van der Waals surface area (Å²) in [7, 11) is 0. The molecule has 0 bridgehead atoms. The molecule has 3 aromatic rings. The van der Waals surface area contributed by atoms with E-state index in [2.05, 4.69) is 15.2 Å². The molecule has 5 heteroatoms. The van der Waals surface area contributed by atoms with E-state index >= 15 is 0 Å². The molecular weight excluding hydrogens is 246 g/mol. The maximum absolute atomic E-state index is 9.87. The number of aromatic hydroxyl groups is 1. The van der Waals surface area contributed by atoms with Crippen LogP contribution in [-0.2, 0) is 0 Å². The van der Waals surface area contributed by atoms with Crippen LogP contribution in [0.15, 0.2) is 58.2 Å². The number of phenolic OH excluding ortho intramolecular Hbond substituents is 1. The van der Waals surface area contributed by atoms with E-state index in [4.69, 9.17) is 0 Å². The zero-order chi connectivity index (χ0) is 12.4. The van der Waals surface area contributed by atoms with Gasteiger partial charge in [-0.3, -0.25) is 0 Å². The van der Waals surface area contributed by atoms with Crippen LogP contribution in [0.3, 0.4) is 0 Å². The fraction of sp³-hybridized carbons (Fsp3) is 0. The molecule has 1 aromatic heterocycles. The summed E-state index contributed by atoms with van der Waals surface area (Å²) in [5.41, 5.74) is 0.475. The van der Waals surface area contributed by atoms with Crippen LogP contribution >= 0.6 is 11.3 Å². The number of thiazole rings is 1. The summed E-state index contributed by atoms with van der Waals surface area (Å²) in [4.78, 5) is 4.02. The Morgan fingerprint density at radius 1 is 1.06 bits per heavy atom. The van der Waals surface area contributed by atoms with Crippen molar-refractivity contribution in [3.63, 3.8) is 0 Å². The second-order valence-electron chi connectivity index (χ2n) is 3.67. The highest BCUT2D eigenvalue weighted by Crippen LogP contribution is 2.35. The second kappa shape index (κ2) is 4.54. The lowest BCUT2D eigenvalue weighted by atomic mass is 10.1. The predicted molar refractivity (Wildman–Crippen MR) is 71.9 cm³/mol. The molecule has 1 heterocycles. The maximum Gasteiger partial charge on any atom is 0.229 e. The number of fused-ring (bicyclic) bond motifs is 1. The fourth-order valence-corrected chi connectivity index (χ4v) is 2.16. The van der Waals surface area contributed by atoms with E-state index in [1.807, 2.05) is 35.7 Å². The molecule has 0 atom stereocenters. The Hall–Kier alpha value is -2.27. The molecular formula is C13H9N3OS. The molecule has 0 spiro atoms. The highest BCUT2D eigenvalue weighted by atomic mass is 32.1. The number of hydrogen-bond acceptors (Lipinski definition) is 5. The molecule has 0 unspecified atom stereocenters. The zero-order valence-electron chi connectivity index (χ0n) is 9.32. The summed E-state index contributed by atoms with van der Waals surface area (Å²) in [6.45, 7) is 0. The minimum absolute atomic E-state index is 0.119. The van der Waals surface area contributed by atoms with E-state index in [-0.39, 0.29) is 5.75 Å². The monoisotopic (exact) mass is 255 g/mol. The van der Waals surface area contributed by atoms with Crippen LogP contribution in [0.5, 0.6) is 5.75 Å². The smallest absolute Gasteiger partial charge is 0.229 e. The molecule has 0 amide bonds. The number of rotatable bonds is 2. The number of phenols is 1. The van der Waals surface area contributed by atoms with Crippen molar-refractivity contribution in [2.24, 2.45) is 10.2 Å². The maximum atomic E-state index is 9.87. The second-order valence-corrected chi connectivity index (χ2v) is 4.54. The third kappa shape index (κ3) is 1.96. The van der Waals surface area contributed by atoms with Crippen LogP contribution in [0, 0.1) is 0 Å². The topological polar surface area (TPSA) is 57.8 Å². The molecule has 0 aliphatic rings. The zero-order valence-corrected chi connectivity index (χ0v) is 10.1. The summed E-state index contributed by atoms with van der Waals surface area (Å²) in [5.74, 6) is 0.119. The first kappa shape index (κ1) is 10.9. The number of hydrogen-bond donors (Lipinski definition) is 1. The molecule has 18 heavy (non-hydrogen) atoms. The SMILES string of the molecule is Oc1ccc2ccccc2c1/N=N/c1nccs1. The van der Waals surface area contributed by atoms with Gasteiger partial charge in [0.2, 0.25) is 5.13 Å². The van der Waals surface area contributed by atoms with Gasteiger partial charge in [0.05, 0.1) is 0 Å². The summed E-state index contributed by atoms with van der Waals surface area (Å²) in [6, 6.07) is 11.2. The van der Waals surface area contributed by atoms with Gasteiger partial charge >= 0.3 is 0 Å². The van der Waals surface area contributed by atoms with Gasteiger partial charge in [0, 0.05) is 17.0 Å². The van der Waals surface area contributed by atoms with Gasteiger partial charge in [-0.25, -0.2) is 4.98 Å². The van der Waals surface area contributed by atoms with E-state index in [1.54, 1.807) is 12.3 Å². The van der Waals surface area contributed by atoms with Gasteiger partial charge in [-0.05, 0) is 11.5 Å². The van der Waals surface area contributed by atoms with E-state index in [0.29, 0.717) is 10.8 Å². The predicted octanol–water partition coefficient (Wildman–Crippen LogP) is 4.42. The van der Waals surface area contributed by atoms with Gasteiger partial charge < -0.3 is 5.11 Å². The van der Waals surface area contributed by atoms with Crippen molar-refractivity contribution in [1.82, 2.24) is 4.98 Å². The van der Waals surface area contributed by atoms with Crippen molar-refractivity contribution in [1.29, 1.82) is 0 Å². The number of azo groups is 1. The molecule has 0 fully saturated rings. The van der Waals surface area contributed by atoms with Gasteiger partial charge in [-0.1, -0.05) is 30.3 Å². The molecule has 0 aliphatic carbocycles. The Labute approximate surface area is 107 Å². The van der Waals surface area contributed by atoms with Crippen molar-refractivity contribution in [2.75, 3.05) is 0 Å². The molecule has 1 N–H and O–H groups in total. The lowest BCUT2D eigenvalue weighted by molar-refractivity contribution is 0.477. The fourth-order valence-electron chi connectivity index (χ4n) is 1.71. The highest BCUT2D eigenvalue weighted by Gasteiger charge is 2.05. The lowest BCUT2D eigenvalue weighted by Crippen LogP contribution is -1.74. The Balaban J connectivity index is 2.13. The molecule has 3 rings (SSSR count). The van der Waals surface area contributed by atoms with Gasteiger partial charge in [-0.15, -0.1) is 21.6 Å². The Morgan fingerprint density at radius 3 is 2.78 bits per heavy atom. The van der Waals surface area contributed by atoms with Crippen LogP contribution in [0.4, 0.5) is 10.8 Å². The average molecular weight is 255 g/mol. The molecule has 0 aliphatic heterocycles. The van der Waals surface area contributed by atoms with E-state index in [1.165, 1.54) is 11.3 Å². The molecule has 0 saturated heterocycles. The van der Waals surface area contributed by atoms with E-state index in [9.17, 15) is 5.11 Å². The normalized spacial score (nSPS) is 11.3. The van der Waals surface area contributed by atoms with Crippen LogP contribution in [0.1, 0.15) is 0 Å². The van der Waals surface area contributed by atoms with Crippen molar-refractivity contribution in [3.8, 4) is 5.75 Å². The quantitative estimate of drug-likeness (QED) is 0.689. The average Bonchev–Trinajstić information content (AvgIpc) is 2.91. The first-order valence-corrected chi connectivity index (χ1v) is 6.24. The van der Waals surface area contributed by atoms with Crippen LogP contribution in [0.2, 0.25) is 0 Å². The summed E-state index contributed by atoms with van der Waals surface area (Å²) in [6.07, 6.45) is 1.67. The Kier molecular flexibility index (Phi) is 2.74. The van der Waals surface area contributed by atoms with Gasteiger partial charge in [-0.2, -0.15) is 0 Å². The molecule has 0 saturated carbocycles. The number of aromatic nitrogens is 1. The third-order valence-corrected chi connectivity index (χ3v) is 3.19. The molecule has 0 radical (unpaired) electrons. The Morgan fingerprint density at radius 2 is 1.94 bits per heavy atom. The number of benzene rings is 2. The lowest BCUT2D eigenvalue weighted by Gasteiger charge is -2.02. The summed E-state index contributed by atoms with van der Waals surface area (Å²) in [5, 5.41) is 22.3. The summed E-state index contributed by atoms with van der Waals surface area (Å²) >= 11 is 1.40. The number of nitrogens with zero attached hydrogens (tertiary/aromatic N) is 3. The minimum atomic E-state index is 0.119. The van der Waals surface area contributed by atoms with Crippen LogP contribution in [-0.4, -0.2) is 10.1 Å². The van der Waals surface area contributed by atoms with Crippen LogP contribution < -0.4 is 0 Å². The minimum Gasteiger partial charge on any atom is -0.506 e. The van der Waals surface area contributed by atoms with Crippen molar-refractivity contribution >= 4 is 32.9 Å². The van der Waals surface area contributed by atoms with Crippen molar-refractivity contribution in [2.45, 2.75) is 0 Å². The van der Waals surface area contributed by atoms with Crippen molar-refractivity contribution in [3.05, 3.63) is 48.0 Å². The van der Waals surface area contributed by atoms with Gasteiger partial charge in [0.25, 0.3) is 0 Å². The van der Waals surface area contributed by atoms with Gasteiger partial charge in [0.1, 0.15) is 11.4 Å². The molecule has 4 nitrogen and oxygen atoms in total. The van der Waals surface area contributed by atoms with Crippen molar-refractivity contribution < 1.29 is 5.11 Å². The first-order valence-electron chi connectivity index (χ1n) is 5.36. The first-order chi connectivity index (χ1) is 8.84. The summed E-state index contributed by atoms with van der Waals surface area (Å²) < 4.78 is 0. The highest BCUT2D eigenvalue weighted by molar-refractivity contribution is 7.13. The standard InChI is InChI=1S/C13H9N3OS/c17-11-6-5-9-3-1-2-4-10(9)12(11)15-16-13-14-7-8-18-13/h1-8,17H/b16-15+. The van der Waals surface area contributed by atoms with Crippen LogP contribution in [0.25, 0.3) is 10.8 Å². The van der Waals surface area contributed by atoms with E-state index in [0.717, 1.165) is 10.8 Å². The third-order valence-electron chi connectivity index (χ3n) is 2.53. The van der Waals surface area contributed by atoms with Gasteiger partial charge in [0.15, 0.2) is 0 Å².